The molecule has 1 atom stereocenters. The number of H-pyrrole nitrogens is 1. The zero-order valence-electron chi connectivity index (χ0n) is 9.63. The number of nitrogens with zero attached hydrogens (tertiary/aromatic N) is 4. The Morgan fingerprint density at radius 2 is 2.18 bits per heavy atom. The number of anilines is 1. The quantitative estimate of drug-likeness (QED) is 0.870. The van der Waals surface area contributed by atoms with E-state index >= 15 is 0 Å². The topological polar surface area (TPSA) is 57.7 Å². The van der Waals surface area contributed by atoms with Crippen LogP contribution in [0.5, 0.6) is 0 Å². The normalized spacial score (nSPS) is 24.0. The van der Waals surface area contributed by atoms with Crippen LogP contribution in [0.4, 0.5) is 5.82 Å². The Bertz CT molecular complexity index is 545. The van der Waals surface area contributed by atoms with Crippen LogP contribution in [-0.2, 0) is 0 Å². The minimum atomic E-state index is 0.684. The largest absolute Gasteiger partial charge is 0.352 e. The summed E-state index contributed by atoms with van der Waals surface area (Å²) < 4.78 is 0. The molecule has 1 saturated carbocycles. The Morgan fingerprint density at radius 1 is 1.24 bits per heavy atom. The number of fused-ring (bicyclic) bond motifs is 1. The van der Waals surface area contributed by atoms with E-state index < -0.39 is 0 Å². The van der Waals surface area contributed by atoms with Crippen LogP contribution in [0.25, 0.3) is 11.2 Å². The van der Waals surface area contributed by atoms with Crippen molar-refractivity contribution in [2.45, 2.75) is 31.7 Å². The molecule has 1 aliphatic heterocycles. The van der Waals surface area contributed by atoms with Gasteiger partial charge in [0.1, 0.15) is 11.8 Å². The highest BCUT2D eigenvalue weighted by Crippen LogP contribution is 2.39. The molecule has 2 aromatic rings. The van der Waals surface area contributed by atoms with Crippen molar-refractivity contribution < 1.29 is 0 Å². The van der Waals surface area contributed by atoms with Gasteiger partial charge in [-0.2, -0.15) is 0 Å². The molecule has 5 nitrogen and oxygen atoms in total. The van der Waals surface area contributed by atoms with Crippen molar-refractivity contribution in [2.75, 3.05) is 11.4 Å². The van der Waals surface area contributed by atoms with Gasteiger partial charge >= 0.3 is 0 Å². The lowest BCUT2D eigenvalue weighted by molar-refractivity contribution is 0.402. The number of aromatic nitrogens is 4. The van der Waals surface area contributed by atoms with Gasteiger partial charge in [0, 0.05) is 12.6 Å². The first kappa shape index (κ1) is 9.39. The second kappa shape index (κ2) is 3.42. The summed E-state index contributed by atoms with van der Waals surface area (Å²) in [5.41, 5.74) is 1.75. The van der Waals surface area contributed by atoms with E-state index in [1.807, 2.05) is 0 Å². The van der Waals surface area contributed by atoms with Crippen molar-refractivity contribution in [3.05, 3.63) is 12.7 Å². The van der Waals surface area contributed by atoms with Crippen LogP contribution >= 0.6 is 0 Å². The predicted octanol–water partition coefficient (Wildman–Crippen LogP) is 1.73. The van der Waals surface area contributed by atoms with Crippen LogP contribution in [0, 0.1) is 5.92 Å². The Hall–Kier alpha value is -1.65. The average Bonchev–Trinajstić information content (AvgIpc) is 3.00. The van der Waals surface area contributed by atoms with Crippen LogP contribution in [-0.4, -0.2) is 32.5 Å². The molecule has 3 heterocycles. The number of imidazole rings is 1. The highest BCUT2D eigenvalue weighted by Gasteiger charge is 2.35. The summed E-state index contributed by atoms with van der Waals surface area (Å²) in [6, 6.07) is 0.684. The molecule has 2 aliphatic rings. The molecule has 0 bridgehead atoms. The highest BCUT2D eigenvalue weighted by molar-refractivity contribution is 5.83. The molecule has 0 radical (unpaired) electrons. The second-order valence-corrected chi connectivity index (χ2v) is 5.11. The van der Waals surface area contributed by atoms with Crippen LogP contribution < -0.4 is 4.90 Å². The molecular weight excluding hydrogens is 214 g/mol. The SMILES string of the molecule is c1nc(N2CCC2CC2CC2)c2[nH]cnc2n1. The van der Waals surface area contributed by atoms with Gasteiger partial charge in [-0.3, -0.25) is 0 Å². The maximum absolute atomic E-state index is 4.42. The number of rotatable bonds is 3. The molecule has 0 amide bonds. The summed E-state index contributed by atoms with van der Waals surface area (Å²) in [5.74, 6) is 2.01. The van der Waals surface area contributed by atoms with Gasteiger partial charge in [0.15, 0.2) is 11.5 Å². The molecule has 0 spiro atoms. The number of hydrogen-bond acceptors (Lipinski definition) is 4. The predicted molar refractivity (Wildman–Crippen MR) is 64.8 cm³/mol. The molecule has 17 heavy (non-hydrogen) atoms. The maximum Gasteiger partial charge on any atom is 0.182 e. The minimum absolute atomic E-state index is 0.684. The molecule has 1 unspecified atom stereocenters. The van der Waals surface area contributed by atoms with E-state index in [2.05, 4.69) is 24.8 Å². The fourth-order valence-electron chi connectivity index (χ4n) is 2.67. The maximum atomic E-state index is 4.42. The molecule has 0 aromatic carbocycles. The van der Waals surface area contributed by atoms with E-state index in [1.165, 1.54) is 25.7 Å². The van der Waals surface area contributed by atoms with E-state index in [4.69, 9.17) is 0 Å². The van der Waals surface area contributed by atoms with Crippen molar-refractivity contribution in [3.8, 4) is 0 Å². The van der Waals surface area contributed by atoms with E-state index in [0.717, 1.165) is 29.4 Å². The summed E-state index contributed by atoms with van der Waals surface area (Å²) in [6.07, 6.45) is 8.79. The molecule has 1 aliphatic carbocycles. The van der Waals surface area contributed by atoms with E-state index in [1.54, 1.807) is 12.7 Å². The third kappa shape index (κ3) is 1.49. The van der Waals surface area contributed by atoms with Crippen molar-refractivity contribution in [1.82, 2.24) is 19.9 Å². The van der Waals surface area contributed by atoms with Crippen molar-refractivity contribution in [1.29, 1.82) is 0 Å². The lowest BCUT2D eigenvalue weighted by Gasteiger charge is -2.42. The minimum Gasteiger partial charge on any atom is -0.352 e. The fraction of sp³-hybridized carbons (Fsp3) is 0.583. The van der Waals surface area contributed by atoms with Gasteiger partial charge in [-0.15, -0.1) is 0 Å². The standard InChI is InChI=1S/C12H15N5/c1-2-8(1)5-9-3-4-17(9)12-10-11(14-6-13-10)15-7-16-12/h6-9H,1-5H2,(H,13,14,15,16). The summed E-state index contributed by atoms with van der Waals surface area (Å²) in [4.78, 5) is 18.3. The monoisotopic (exact) mass is 229 g/mol. The number of nitrogens with one attached hydrogen (secondary N) is 1. The number of hydrogen-bond donors (Lipinski definition) is 1. The molecule has 1 saturated heterocycles. The van der Waals surface area contributed by atoms with Crippen molar-refractivity contribution in [3.63, 3.8) is 0 Å². The Labute approximate surface area is 99.3 Å². The summed E-state index contributed by atoms with van der Waals surface area (Å²) in [6.45, 7) is 1.11. The molecule has 88 valence electrons. The smallest absolute Gasteiger partial charge is 0.182 e. The van der Waals surface area contributed by atoms with Crippen LogP contribution in [0.2, 0.25) is 0 Å². The van der Waals surface area contributed by atoms with E-state index in [9.17, 15) is 0 Å². The van der Waals surface area contributed by atoms with E-state index in [-0.39, 0.29) is 0 Å². The Kier molecular flexibility index (Phi) is 1.89. The first-order chi connectivity index (χ1) is 8.42. The molecule has 1 N–H and O–H groups in total. The van der Waals surface area contributed by atoms with Crippen LogP contribution in [0.15, 0.2) is 12.7 Å². The first-order valence-corrected chi connectivity index (χ1v) is 6.32. The Morgan fingerprint density at radius 3 is 2.94 bits per heavy atom. The second-order valence-electron chi connectivity index (χ2n) is 5.11. The summed E-state index contributed by atoms with van der Waals surface area (Å²) >= 11 is 0. The third-order valence-corrected chi connectivity index (χ3v) is 3.92. The number of aromatic amines is 1. The van der Waals surface area contributed by atoms with Gasteiger partial charge in [0.05, 0.1) is 6.33 Å². The fourth-order valence-corrected chi connectivity index (χ4v) is 2.67. The third-order valence-electron chi connectivity index (χ3n) is 3.92. The van der Waals surface area contributed by atoms with Crippen LogP contribution in [0.1, 0.15) is 25.7 Å². The highest BCUT2D eigenvalue weighted by atomic mass is 15.3. The molecule has 2 aromatic heterocycles. The van der Waals surface area contributed by atoms with Crippen molar-refractivity contribution >= 4 is 17.0 Å². The molecule has 4 rings (SSSR count). The molecule has 2 fully saturated rings. The summed E-state index contributed by atoms with van der Waals surface area (Å²) in [5, 5.41) is 0. The Balaban J connectivity index is 1.66. The zero-order valence-corrected chi connectivity index (χ0v) is 9.63. The average molecular weight is 229 g/mol. The lowest BCUT2D eigenvalue weighted by atomic mass is 9.97. The van der Waals surface area contributed by atoms with E-state index in [0.29, 0.717) is 6.04 Å². The summed E-state index contributed by atoms with van der Waals surface area (Å²) in [7, 11) is 0. The van der Waals surface area contributed by atoms with Gasteiger partial charge in [-0.25, -0.2) is 15.0 Å². The molecular formula is C12H15N5. The van der Waals surface area contributed by atoms with Gasteiger partial charge in [-0.1, -0.05) is 12.8 Å². The van der Waals surface area contributed by atoms with Gasteiger partial charge < -0.3 is 9.88 Å². The van der Waals surface area contributed by atoms with Gasteiger partial charge in [-0.05, 0) is 18.8 Å². The molecule has 5 heteroatoms. The van der Waals surface area contributed by atoms with Crippen molar-refractivity contribution in [2.24, 2.45) is 5.92 Å². The van der Waals surface area contributed by atoms with Gasteiger partial charge in [0.2, 0.25) is 0 Å². The zero-order chi connectivity index (χ0) is 11.2. The first-order valence-electron chi connectivity index (χ1n) is 6.32. The lowest BCUT2D eigenvalue weighted by Crippen LogP contribution is -2.48. The van der Waals surface area contributed by atoms with Crippen LogP contribution in [0.3, 0.4) is 0 Å². The van der Waals surface area contributed by atoms with Gasteiger partial charge in [0.25, 0.3) is 0 Å².